The number of carbonyl (C=O) groups is 1. The van der Waals surface area contributed by atoms with Crippen molar-refractivity contribution in [2.45, 2.75) is 32.4 Å². The molecule has 0 spiro atoms. The van der Waals surface area contributed by atoms with E-state index in [-0.39, 0.29) is 11.9 Å². The van der Waals surface area contributed by atoms with Crippen LogP contribution in [0.25, 0.3) is 0 Å². The Morgan fingerprint density at radius 3 is 2.67 bits per heavy atom. The Labute approximate surface area is 92.4 Å². The highest BCUT2D eigenvalue weighted by Gasteiger charge is 2.29. The molecular weight excluding hydrogens is 190 g/mol. The van der Waals surface area contributed by atoms with Gasteiger partial charge in [0.2, 0.25) is 5.91 Å². The van der Waals surface area contributed by atoms with Gasteiger partial charge in [0.25, 0.3) is 0 Å². The van der Waals surface area contributed by atoms with Crippen molar-refractivity contribution in [3.63, 3.8) is 0 Å². The zero-order valence-corrected chi connectivity index (χ0v) is 10.2. The molecule has 1 aliphatic rings. The van der Waals surface area contributed by atoms with E-state index in [1.807, 2.05) is 0 Å². The second-order valence-corrected chi connectivity index (χ2v) is 4.92. The SMILES string of the molecule is CC(C)[C@@H]1NC(CCN(C)C)CNC1=O. The van der Waals surface area contributed by atoms with Crippen molar-refractivity contribution in [1.29, 1.82) is 0 Å². The summed E-state index contributed by atoms with van der Waals surface area (Å²) in [4.78, 5) is 13.7. The molecule has 0 aromatic heterocycles. The molecular formula is C11H23N3O. The van der Waals surface area contributed by atoms with Crippen molar-refractivity contribution in [3.05, 3.63) is 0 Å². The molecule has 1 fully saturated rings. The van der Waals surface area contributed by atoms with Gasteiger partial charge in [-0.15, -0.1) is 0 Å². The Hall–Kier alpha value is -0.610. The van der Waals surface area contributed by atoms with E-state index in [1.165, 1.54) is 0 Å². The molecule has 1 rings (SSSR count). The number of nitrogens with one attached hydrogen (secondary N) is 2. The zero-order chi connectivity index (χ0) is 11.4. The van der Waals surface area contributed by atoms with E-state index in [1.54, 1.807) is 0 Å². The molecule has 1 amide bonds. The molecule has 1 unspecified atom stereocenters. The molecule has 0 bridgehead atoms. The minimum absolute atomic E-state index is 0.0223. The highest BCUT2D eigenvalue weighted by atomic mass is 16.2. The Balaban J connectivity index is 2.40. The zero-order valence-electron chi connectivity index (χ0n) is 10.2. The Morgan fingerprint density at radius 1 is 1.47 bits per heavy atom. The van der Waals surface area contributed by atoms with E-state index in [0.717, 1.165) is 19.5 Å². The van der Waals surface area contributed by atoms with Gasteiger partial charge in [-0.2, -0.15) is 0 Å². The van der Waals surface area contributed by atoms with Crippen LogP contribution in [0.5, 0.6) is 0 Å². The number of hydrogen-bond acceptors (Lipinski definition) is 3. The van der Waals surface area contributed by atoms with E-state index < -0.39 is 0 Å². The molecule has 0 aliphatic carbocycles. The molecule has 2 atom stereocenters. The summed E-state index contributed by atoms with van der Waals surface area (Å²) in [7, 11) is 4.14. The number of nitrogens with zero attached hydrogens (tertiary/aromatic N) is 1. The molecule has 0 aromatic carbocycles. The quantitative estimate of drug-likeness (QED) is 0.693. The predicted octanol–water partition coefficient (Wildman–Crippen LogP) is 0.0507. The van der Waals surface area contributed by atoms with Crippen molar-refractivity contribution < 1.29 is 4.79 Å². The second-order valence-electron chi connectivity index (χ2n) is 4.92. The van der Waals surface area contributed by atoms with E-state index in [9.17, 15) is 4.79 Å². The number of carbonyl (C=O) groups excluding carboxylic acids is 1. The highest BCUT2D eigenvalue weighted by Crippen LogP contribution is 2.08. The van der Waals surface area contributed by atoms with Gasteiger partial charge in [0.05, 0.1) is 6.04 Å². The molecule has 1 heterocycles. The lowest BCUT2D eigenvalue weighted by Gasteiger charge is -2.33. The van der Waals surface area contributed by atoms with Crippen LogP contribution in [0.3, 0.4) is 0 Å². The van der Waals surface area contributed by atoms with Gasteiger partial charge in [0.1, 0.15) is 0 Å². The van der Waals surface area contributed by atoms with Crippen LogP contribution in [-0.4, -0.2) is 50.1 Å². The fourth-order valence-electron chi connectivity index (χ4n) is 1.82. The smallest absolute Gasteiger partial charge is 0.237 e. The van der Waals surface area contributed by atoms with Crippen LogP contribution in [0.15, 0.2) is 0 Å². The van der Waals surface area contributed by atoms with Gasteiger partial charge in [-0.25, -0.2) is 0 Å². The largest absolute Gasteiger partial charge is 0.353 e. The number of piperazine rings is 1. The Morgan fingerprint density at radius 2 is 2.13 bits per heavy atom. The maximum absolute atomic E-state index is 11.5. The Kier molecular flexibility index (Phi) is 4.54. The second kappa shape index (κ2) is 5.47. The number of hydrogen-bond donors (Lipinski definition) is 2. The van der Waals surface area contributed by atoms with Gasteiger partial charge < -0.3 is 15.5 Å². The average molecular weight is 213 g/mol. The number of rotatable bonds is 4. The van der Waals surface area contributed by atoms with E-state index >= 15 is 0 Å². The average Bonchev–Trinajstić information content (AvgIpc) is 2.16. The standard InChI is InChI=1S/C11H23N3O/c1-8(2)10-11(15)12-7-9(13-10)5-6-14(3)4/h8-10,13H,5-7H2,1-4H3,(H,12,15)/t9?,10-/m0/s1. The van der Waals surface area contributed by atoms with Crippen LogP contribution >= 0.6 is 0 Å². The lowest BCUT2D eigenvalue weighted by atomic mass is 9.98. The monoisotopic (exact) mass is 213 g/mol. The molecule has 1 aliphatic heterocycles. The minimum atomic E-state index is -0.0223. The lowest BCUT2D eigenvalue weighted by Crippen LogP contribution is -2.60. The van der Waals surface area contributed by atoms with Crippen molar-refractivity contribution in [2.24, 2.45) is 5.92 Å². The highest BCUT2D eigenvalue weighted by molar-refractivity contribution is 5.82. The van der Waals surface area contributed by atoms with Crippen LogP contribution < -0.4 is 10.6 Å². The first-order chi connectivity index (χ1) is 7.00. The molecule has 4 heteroatoms. The summed E-state index contributed by atoms with van der Waals surface area (Å²) in [6, 6.07) is 0.392. The maximum Gasteiger partial charge on any atom is 0.237 e. The molecule has 88 valence electrons. The normalized spacial score (nSPS) is 27.2. The van der Waals surface area contributed by atoms with Gasteiger partial charge in [-0.3, -0.25) is 4.79 Å². The van der Waals surface area contributed by atoms with Gasteiger partial charge in [-0.05, 0) is 33.0 Å². The van der Waals surface area contributed by atoms with Crippen LogP contribution in [0.1, 0.15) is 20.3 Å². The summed E-state index contributed by atoms with van der Waals surface area (Å²) in [6.45, 7) is 5.96. The molecule has 2 N–H and O–H groups in total. The first-order valence-corrected chi connectivity index (χ1v) is 5.69. The van der Waals surface area contributed by atoms with Crippen molar-refractivity contribution in [1.82, 2.24) is 15.5 Å². The molecule has 0 aromatic rings. The first-order valence-electron chi connectivity index (χ1n) is 5.69. The molecule has 0 radical (unpaired) electrons. The third kappa shape index (κ3) is 3.80. The van der Waals surface area contributed by atoms with E-state index in [2.05, 4.69) is 43.5 Å². The summed E-state index contributed by atoms with van der Waals surface area (Å²) in [5, 5.41) is 6.39. The van der Waals surface area contributed by atoms with E-state index in [0.29, 0.717) is 12.0 Å². The fraction of sp³-hybridized carbons (Fsp3) is 0.909. The minimum Gasteiger partial charge on any atom is -0.353 e. The van der Waals surface area contributed by atoms with Gasteiger partial charge in [-0.1, -0.05) is 13.8 Å². The molecule has 1 saturated heterocycles. The molecule has 4 nitrogen and oxygen atoms in total. The van der Waals surface area contributed by atoms with Gasteiger partial charge in [0.15, 0.2) is 0 Å². The van der Waals surface area contributed by atoms with E-state index in [4.69, 9.17) is 0 Å². The topological polar surface area (TPSA) is 44.4 Å². The summed E-state index contributed by atoms with van der Waals surface area (Å²) < 4.78 is 0. The van der Waals surface area contributed by atoms with Crippen LogP contribution in [0.4, 0.5) is 0 Å². The number of amides is 1. The van der Waals surface area contributed by atoms with Crippen LogP contribution in [-0.2, 0) is 4.79 Å². The predicted molar refractivity (Wildman–Crippen MR) is 61.7 cm³/mol. The molecule has 15 heavy (non-hydrogen) atoms. The van der Waals surface area contributed by atoms with Crippen molar-refractivity contribution in [2.75, 3.05) is 27.2 Å². The summed E-state index contributed by atoms with van der Waals surface area (Å²) in [5.74, 6) is 0.498. The lowest BCUT2D eigenvalue weighted by molar-refractivity contribution is -0.126. The van der Waals surface area contributed by atoms with Crippen molar-refractivity contribution >= 4 is 5.91 Å². The fourth-order valence-corrected chi connectivity index (χ4v) is 1.82. The molecule has 0 saturated carbocycles. The summed E-state index contributed by atoms with van der Waals surface area (Å²) >= 11 is 0. The Bertz CT molecular complexity index is 216. The first kappa shape index (κ1) is 12.5. The van der Waals surface area contributed by atoms with Crippen molar-refractivity contribution in [3.8, 4) is 0 Å². The maximum atomic E-state index is 11.5. The van der Waals surface area contributed by atoms with Crippen LogP contribution in [0, 0.1) is 5.92 Å². The summed E-state index contributed by atoms with van der Waals surface area (Å²) in [5.41, 5.74) is 0. The summed E-state index contributed by atoms with van der Waals surface area (Å²) in [6.07, 6.45) is 1.08. The van der Waals surface area contributed by atoms with Gasteiger partial charge >= 0.3 is 0 Å². The van der Waals surface area contributed by atoms with Gasteiger partial charge in [0, 0.05) is 12.6 Å². The third-order valence-corrected chi connectivity index (χ3v) is 2.81. The van der Waals surface area contributed by atoms with Crippen LogP contribution in [0.2, 0.25) is 0 Å². The third-order valence-electron chi connectivity index (χ3n) is 2.81.